The van der Waals surface area contributed by atoms with Gasteiger partial charge in [-0.2, -0.15) is 5.10 Å². The van der Waals surface area contributed by atoms with Gasteiger partial charge in [0.2, 0.25) is 0 Å². The topological polar surface area (TPSA) is 41.1 Å². The first-order chi connectivity index (χ1) is 11.2. The molecule has 2 aromatic heterocycles. The molecule has 0 radical (unpaired) electrons. The van der Waals surface area contributed by atoms with Gasteiger partial charge in [0, 0.05) is 47.1 Å². The highest BCUT2D eigenvalue weighted by atomic mass is 32.1. The van der Waals surface area contributed by atoms with E-state index in [4.69, 9.17) is 4.74 Å². The molecule has 2 atom stereocenters. The van der Waals surface area contributed by atoms with Crippen LogP contribution in [0.5, 0.6) is 0 Å². The Balaban J connectivity index is 1.55. The van der Waals surface area contributed by atoms with Crippen molar-refractivity contribution in [2.45, 2.75) is 57.7 Å². The number of H-pyrrole nitrogens is 1. The van der Waals surface area contributed by atoms with E-state index in [1.165, 1.54) is 16.0 Å². The average Bonchev–Trinajstić information content (AvgIpc) is 3.20. The molecule has 1 N–H and O–H groups in total. The minimum absolute atomic E-state index is 0.0379. The number of ether oxygens (including phenoxy) is 1. The summed E-state index contributed by atoms with van der Waals surface area (Å²) < 4.78 is 6.41. The van der Waals surface area contributed by atoms with Gasteiger partial charge in [-0.3, -0.25) is 10.00 Å². The molecule has 124 valence electrons. The number of aryl methyl sites for hydroxylation is 1. The van der Waals surface area contributed by atoms with E-state index in [9.17, 15) is 0 Å². The largest absolute Gasteiger partial charge is 0.370 e. The van der Waals surface area contributed by atoms with Crippen molar-refractivity contribution in [2.24, 2.45) is 0 Å². The number of nitrogens with one attached hydrogen (secondary N) is 1. The van der Waals surface area contributed by atoms with Crippen LogP contribution in [-0.2, 0) is 29.7 Å². The minimum Gasteiger partial charge on any atom is -0.370 e. The van der Waals surface area contributed by atoms with Gasteiger partial charge in [-0.1, -0.05) is 6.92 Å². The van der Waals surface area contributed by atoms with Crippen molar-refractivity contribution in [1.29, 1.82) is 0 Å². The summed E-state index contributed by atoms with van der Waals surface area (Å²) in [6.07, 6.45) is 8.35. The zero-order valence-corrected chi connectivity index (χ0v) is 14.8. The highest BCUT2D eigenvalue weighted by Crippen LogP contribution is 2.46. The Morgan fingerprint density at radius 3 is 3.17 bits per heavy atom. The summed E-state index contributed by atoms with van der Waals surface area (Å²) in [6.45, 7) is 7.53. The average molecular weight is 331 g/mol. The van der Waals surface area contributed by atoms with Gasteiger partial charge in [0.15, 0.2) is 0 Å². The Kier molecular flexibility index (Phi) is 4.03. The molecule has 0 bridgehead atoms. The lowest BCUT2D eigenvalue weighted by atomic mass is 9.79. The highest BCUT2D eigenvalue weighted by Gasteiger charge is 2.44. The molecule has 0 saturated carbocycles. The summed E-state index contributed by atoms with van der Waals surface area (Å²) in [4.78, 5) is 5.64. The van der Waals surface area contributed by atoms with Crippen LogP contribution in [0.15, 0.2) is 18.5 Å². The lowest BCUT2D eigenvalue weighted by Crippen LogP contribution is -2.50. The van der Waals surface area contributed by atoms with Crippen molar-refractivity contribution >= 4 is 11.3 Å². The summed E-state index contributed by atoms with van der Waals surface area (Å²) in [5.74, 6) is 0. The molecule has 4 heterocycles. The van der Waals surface area contributed by atoms with Gasteiger partial charge in [-0.15, -0.1) is 11.3 Å². The summed E-state index contributed by atoms with van der Waals surface area (Å²) in [7, 11) is 0. The van der Waals surface area contributed by atoms with Gasteiger partial charge < -0.3 is 4.74 Å². The summed E-state index contributed by atoms with van der Waals surface area (Å²) in [6, 6.07) is 2.95. The van der Waals surface area contributed by atoms with Crippen LogP contribution in [0.1, 0.15) is 47.6 Å². The minimum atomic E-state index is -0.0379. The molecule has 0 amide bonds. The first kappa shape index (κ1) is 15.4. The van der Waals surface area contributed by atoms with Crippen LogP contribution < -0.4 is 0 Å². The second kappa shape index (κ2) is 6.04. The second-order valence-electron chi connectivity index (χ2n) is 6.88. The monoisotopic (exact) mass is 331 g/mol. The van der Waals surface area contributed by atoms with E-state index in [0.29, 0.717) is 6.04 Å². The van der Waals surface area contributed by atoms with Gasteiger partial charge in [0.05, 0.1) is 18.4 Å². The number of aromatic amines is 1. The third-order valence-electron chi connectivity index (χ3n) is 5.40. The quantitative estimate of drug-likeness (QED) is 0.936. The number of thiophene rings is 1. The number of nitrogens with zero attached hydrogens (tertiary/aromatic N) is 2. The lowest BCUT2D eigenvalue weighted by molar-refractivity contribution is -0.112. The van der Waals surface area contributed by atoms with Crippen LogP contribution in [-0.4, -0.2) is 34.3 Å². The zero-order valence-electron chi connectivity index (χ0n) is 14.0. The van der Waals surface area contributed by atoms with Gasteiger partial charge >= 0.3 is 0 Å². The summed E-state index contributed by atoms with van der Waals surface area (Å²) >= 11 is 2.00. The maximum Gasteiger partial charge on any atom is 0.0969 e. The molecule has 2 aliphatic heterocycles. The van der Waals surface area contributed by atoms with Crippen LogP contribution in [0.3, 0.4) is 0 Å². The summed E-state index contributed by atoms with van der Waals surface area (Å²) in [5, 5.41) is 6.98. The van der Waals surface area contributed by atoms with Gasteiger partial charge in [0.1, 0.15) is 0 Å². The molecule has 5 heteroatoms. The van der Waals surface area contributed by atoms with E-state index >= 15 is 0 Å². The Labute approximate surface area is 141 Å². The first-order valence-electron chi connectivity index (χ1n) is 8.68. The number of rotatable bonds is 3. The van der Waals surface area contributed by atoms with E-state index < -0.39 is 0 Å². The van der Waals surface area contributed by atoms with E-state index in [0.717, 1.165) is 45.4 Å². The maximum atomic E-state index is 6.41. The third-order valence-corrected chi connectivity index (χ3v) is 6.74. The fourth-order valence-electron chi connectivity index (χ4n) is 4.11. The van der Waals surface area contributed by atoms with Crippen LogP contribution in [0.4, 0.5) is 0 Å². The van der Waals surface area contributed by atoms with E-state index in [1.54, 1.807) is 4.88 Å². The third kappa shape index (κ3) is 2.75. The molecule has 1 fully saturated rings. The highest BCUT2D eigenvalue weighted by molar-refractivity contribution is 7.12. The first-order valence-corrected chi connectivity index (χ1v) is 9.49. The zero-order chi connectivity index (χ0) is 15.9. The smallest absolute Gasteiger partial charge is 0.0969 e. The number of hydrogen-bond donors (Lipinski definition) is 1. The number of hydrogen-bond acceptors (Lipinski definition) is 4. The molecule has 0 aromatic carbocycles. The SMILES string of the molecule is CCc1cc2c(s1)CCO[C@@]21CCN(Cc2cn[nH]c2)[C@@H](C)C1. The maximum absolute atomic E-state index is 6.41. The molecular formula is C18H25N3OS. The molecule has 0 unspecified atom stereocenters. The Morgan fingerprint density at radius 1 is 1.52 bits per heavy atom. The molecule has 0 aliphatic carbocycles. The van der Waals surface area contributed by atoms with Crippen molar-refractivity contribution in [2.75, 3.05) is 13.2 Å². The second-order valence-corrected chi connectivity index (χ2v) is 8.10. The van der Waals surface area contributed by atoms with Gasteiger partial charge in [0.25, 0.3) is 0 Å². The summed E-state index contributed by atoms with van der Waals surface area (Å²) in [5.41, 5.74) is 2.73. The van der Waals surface area contributed by atoms with Crippen LogP contribution in [0, 0.1) is 0 Å². The molecule has 23 heavy (non-hydrogen) atoms. The van der Waals surface area contributed by atoms with Crippen molar-refractivity contribution in [3.8, 4) is 0 Å². The number of fused-ring (bicyclic) bond motifs is 2. The van der Waals surface area contributed by atoms with Gasteiger partial charge in [-0.05, 0) is 37.8 Å². The Bertz CT molecular complexity index is 666. The molecule has 1 spiro atoms. The Morgan fingerprint density at radius 2 is 2.43 bits per heavy atom. The van der Waals surface area contributed by atoms with E-state index in [1.807, 2.05) is 23.7 Å². The predicted octanol–water partition coefficient (Wildman–Crippen LogP) is 3.49. The normalized spacial score (nSPS) is 28.2. The predicted molar refractivity (Wildman–Crippen MR) is 92.7 cm³/mol. The Hall–Kier alpha value is -1.17. The van der Waals surface area contributed by atoms with Crippen molar-refractivity contribution < 1.29 is 4.74 Å². The van der Waals surface area contributed by atoms with Gasteiger partial charge in [-0.25, -0.2) is 0 Å². The van der Waals surface area contributed by atoms with Crippen LogP contribution >= 0.6 is 11.3 Å². The van der Waals surface area contributed by atoms with Crippen LogP contribution in [0.25, 0.3) is 0 Å². The molecular weight excluding hydrogens is 306 g/mol. The van der Waals surface area contributed by atoms with E-state index in [2.05, 4.69) is 35.0 Å². The van der Waals surface area contributed by atoms with Crippen molar-refractivity contribution in [3.63, 3.8) is 0 Å². The fraction of sp³-hybridized carbons (Fsp3) is 0.611. The fourth-order valence-corrected chi connectivity index (χ4v) is 5.29. The number of piperidine rings is 1. The lowest BCUT2D eigenvalue weighted by Gasteiger charge is -2.47. The molecule has 4 nitrogen and oxygen atoms in total. The number of aromatic nitrogens is 2. The van der Waals surface area contributed by atoms with Crippen molar-refractivity contribution in [1.82, 2.24) is 15.1 Å². The van der Waals surface area contributed by atoms with Crippen molar-refractivity contribution in [3.05, 3.63) is 39.3 Å². The standard InChI is InChI=1S/C18H25N3OS/c1-3-15-8-16-17(23-15)4-7-22-18(16)5-6-21(13(2)9-18)12-14-10-19-20-11-14/h8,10-11,13H,3-7,9,12H2,1-2H3,(H,19,20)/t13-,18+/m0/s1. The molecule has 4 rings (SSSR count). The molecule has 2 aliphatic rings. The molecule has 1 saturated heterocycles. The van der Waals surface area contributed by atoms with Crippen LogP contribution in [0.2, 0.25) is 0 Å². The number of likely N-dealkylation sites (tertiary alicyclic amines) is 1. The molecule has 2 aromatic rings. The van der Waals surface area contributed by atoms with E-state index in [-0.39, 0.29) is 5.60 Å².